The molecule has 1 atom stereocenters. The molecule has 6 heteroatoms. The van der Waals surface area contributed by atoms with E-state index in [-0.39, 0.29) is 11.9 Å². The van der Waals surface area contributed by atoms with E-state index in [1.54, 1.807) is 17.4 Å². The SMILES string of the molecule is Cc1csc(C(C)NC(=O)c2cc(N)c(C)s2)n1. The van der Waals surface area contributed by atoms with Gasteiger partial charge in [-0.15, -0.1) is 22.7 Å². The Morgan fingerprint density at radius 2 is 2.22 bits per heavy atom. The molecule has 1 unspecified atom stereocenters. The predicted molar refractivity (Wildman–Crippen MR) is 76.2 cm³/mol. The molecule has 0 radical (unpaired) electrons. The lowest BCUT2D eigenvalue weighted by atomic mass is 10.3. The second-order valence-corrected chi connectivity index (χ2v) is 6.29. The van der Waals surface area contributed by atoms with Crippen molar-refractivity contribution in [3.05, 3.63) is 31.9 Å². The first-order chi connectivity index (χ1) is 8.47. The maximum atomic E-state index is 12.0. The number of nitrogens with two attached hydrogens (primary N) is 1. The number of amides is 1. The number of hydrogen-bond acceptors (Lipinski definition) is 5. The van der Waals surface area contributed by atoms with Crippen molar-refractivity contribution in [1.82, 2.24) is 10.3 Å². The second-order valence-electron chi connectivity index (χ2n) is 4.14. The first kappa shape index (κ1) is 13.0. The van der Waals surface area contributed by atoms with Crippen molar-refractivity contribution in [3.63, 3.8) is 0 Å². The first-order valence-electron chi connectivity index (χ1n) is 5.56. The number of aryl methyl sites for hydroxylation is 2. The van der Waals surface area contributed by atoms with Crippen LogP contribution in [-0.4, -0.2) is 10.9 Å². The third-order valence-electron chi connectivity index (χ3n) is 2.53. The second kappa shape index (κ2) is 5.07. The van der Waals surface area contributed by atoms with Crippen LogP contribution in [0.15, 0.2) is 11.4 Å². The Morgan fingerprint density at radius 1 is 1.50 bits per heavy atom. The van der Waals surface area contributed by atoms with Crippen LogP contribution in [0, 0.1) is 13.8 Å². The van der Waals surface area contributed by atoms with E-state index in [4.69, 9.17) is 5.73 Å². The summed E-state index contributed by atoms with van der Waals surface area (Å²) in [5.74, 6) is -0.0971. The minimum atomic E-state index is -0.0971. The standard InChI is InChI=1S/C12H15N3OS2/c1-6-5-17-12(14-6)7(2)15-11(16)10-4-9(13)8(3)18-10/h4-5,7H,13H2,1-3H3,(H,15,16). The van der Waals surface area contributed by atoms with E-state index >= 15 is 0 Å². The highest BCUT2D eigenvalue weighted by Gasteiger charge is 2.16. The summed E-state index contributed by atoms with van der Waals surface area (Å²) in [4.78, 5) is 18.0. The number of carbonyl (C=O) groups excluding carboxylic acids is 1. The smallest absolute Gasteiger partial charge is 0.261 e. The van der Waals surface area contributed by atoms with Gasteiger partial charge in [-0.3, -0.25) is 4.79 Å². The monoisotopic (exact) mass is 281 g/mol. The van der Waals surface area contributed by atoms with Gasteiger partial charge >= 0.3 is 0 Å². The van der Waals surface area contributed by atoms with Gasteiger partial charge in [0.25, 0.3) is 5.91 Å². The van der Waals surface area contributed by atoms with Gasteiger partial charge in [0.2, 0.25) is 0 Å². The molecule has 0 bridgehead atoms. The normalized spacial score (nSPS) is 12.4. The van der Waals surface area contributed by atoms with Crippen molar-refractivity contribution in [2.24, 2.45) is 0 Å². The summed E-state index contributed by atoms with van der Waals surface area (Å²) in [5.41, 5.74) is 7.39. The van der Waals surface area contributed by atoms with Crippen LogP contribution in [0.25, 0.3) is 0 Å². The summed E-state index contributed by atoms with van der Waals surface area (Å²) >= 11 is 2.97. The van der Waals surface area contributed by atoms with Crippen LogP contribution in [0.2, 0.25) is 0 Å². The molecule has 18 heavy (non-hydrogen) atoms. The fourth-order valence-electron chi connectivity index (χ4n) is 1.51. The molecular weight excluding hydrogens is 266 g/mol. The van der Waals surface area contributed by atoms with Crippen LogP contribution in [0.5, 0.6) is 0 Å². The zero-order valence-corrected chi connectivity index (χ0v) is 12.1. The zero-order valence-electron chi connectivity index (χ0n) is 10.5. The Kier molecular flexibility index (Phi) is 3.68. The molecule has 0 spiro atoms. The molecule has 4 nitrogen and oxygen atoms in total. The predicted octanol–water partition coefficient (Wildman–Crippen LogP) is 2.89. The minimum Gasteiger partial charge on any atom is -0.398 e. The van der Waals surface area contributed by atoms with Crippen molar-refractivity contribution in [2.45, 2.75) is 26.8 Å². The summed E-state index contributed by atoms with van der Waals surface area (Å²) < 4.78 is 0. The molecule has 0 saturated carbocycles. The highest BCUT2D eigenvalue weighted by atomic mass is 32.1. The number of anilines is 1. The molecule has 0 aromatic carbocycles. The minimum absolute atomic E-state index is 0.0835. The van der Waals surface area contributed by atoms with Crippen LogP contribution in [0.1, 0.15) is 38.2 Å². The van der Waals surface area contributed by atoms with Gasteiger partial charge in [0, 0.05) is 21.6 Å². The van der Waals surface area contributed by atoms with Crippen LogP contribution in [-0.2, 0) is 0 Å². The summed E-state index contributed by atoms with van der Waals surface area (Å²) in [6.07, 6.45) is 0. The molecule has 0 fully saturated rings. The van der Waals surface area contributed by atoms with Gasteiger partial charge in [0.05, 0.1) is 10.9 Å². The Balaban J connectivity index is 2.07. The third kappa shape index (κ3) is 2.70. The lowest BCUT2D eigenvalue weighted by Crippen LogP contribution is -2.25. The third-order valence-corrected chi connectivity index (χ3v) is 4.75. The number of thiazole rings is 1. The lowest BCUT2D eigenvalue weighted by molar-refractivity contribution is 0.0944. The Hall–Kier alpha value is -1.40. The number of hydrogen-bond donors (Lipinski definition) is 2. The summed E-state index contributed by atoms with van der Waals surface area (Å²) in [5, 5.41) is 5.83. The van der Waals surface area contributed by atoms with Gasteiger partial charge in [-0.25, -0.2) is 4.98 Å². The number of nitrogens with one attached hydrogen (secondary N) is 1. The number of aromatic nitrogens is 1. The summed E-state index contributed by atoms with van der Waals surface area (Å²) in [6, 6.07) is 1.63. The van der Waals surface area contributed by atoms with Gasteiger partial charge in [0.15, 0.2) is 0 Å². The molecule has 0 aliphatic heterocycles. The van der Waals surface area contributed by atoms with E-state index in [1.807, 2.05) is 26.2 Å². The number of carbonyl (C=O) groups is 1. The molecular formula is C12H15N3OS2. The van der Waals surface area contributed by atoms with Gasteiger partial charge in [-0.05, 0) is 26.8 Å². The molecule has 2 aromatic heterocycles. The number of rotatable bonds is 3. The fraction of sp³-hybridized carbons (Fsp3) is 0.333. The van der Waals surface area contributed by atoms with Gasteiger partial charge < -0.3 is 11.1 Å². The van der Waals surface area contributed by atoms with Gasteiger partial charge in [0.1, 0.15) is 5.01 Å². The Labute approximate surface area is 114 Å². The largest absolute Gasteiger partial charge is 0.398 e. The Bertz CT molecular complexity index is 554. The highest BCUT2D eigenvalue weighted by molar-refractivity contribution is 7.14. The molecule has 2 aromatic rings. The molecule has 2 heterocycles. The van der Waals surface area contributed by atoms with Crippen molar-refractivity contribution < 1.29 is 4.79 Å². The maximum Gasteiger partial charge on any atom is 0.261 e. The van der Waals surface area contributed by atoms with Gasteiger partial charge in [-0.2, -0.15) is 0 Å². The molecule has 3 N–H and O–H groups in total. The van der Waals surface area contributed by atoms with E-state index < -0.39 is 0 Å². The van der Waals surface area contributed by atoms with Crippen molar-refractivity contribution in [1.29, 1.82) is 0 Å². The van der Waals surface area contributed by atoms with Crippen molar-refractivity contribution in [3.8, 4) is 0 Å². The topological polar surface area (TPSA) is 68.0 Å². The number of nitrogen functional groups attached to an aromatic ring is 1. The van der Waals surface area contributed by atoms with E-state index in [1.165, 1.54) is 11.3 Å². The number of thiophene rings is 1. The lowest BCUT2D eigenvalue weighted by Gasteiger charge is -2.09. The average molecular weight is 281 g/mol. The molecule has 0 aliphatic rings. The molecule has 2 rings (SSSR count). The van der Waals surface area contributed by atoms with Crippen LogP contribution < -0.4 is 11.1 Å². The van der Waals surface area contributed by atoms with Crippen LogP contribution in [0.3, 0.4) is 0 Å². The quantitative estimate of drug-likeness (QED) is 0.909. The molecule has 0 saturated heterocycles. The highest BCUT2D eigenvalue weighted by Crippen LogP contribution is 2.24. The average Bonchev–Trinajstić information content (AvgIpc) is 2.86. The summed E-state index contributed by atoms with van der Waals surface area (Å²) in [7, 11) is 0. The van der Waals surface area contributed by atoms with E-state index in [2.05, 4.69) is 10.3 Å². The fourth-order valence-corrected chi connectivity index (χ4v) is 3.16. The Morgan fingerprint density at radius 3 is 2.72 bits per heavy atom. The van der Waals surface area contributed by atoms with E-state index in [0.29, 0.717) is 10.6 Å². The molecule has 1 amide bonds. The van der Waals surface area contributed by atoms with E-state index in [0.717, 1.165) is 15.6 Å². The molecule has 0 aliphatic carbocycles. The van der Waals surface area contributed by atoms with Gasteiger partial charge in [-0.1, -0.05) is 0 Å². The first-order valence-corrected chi connectivity index (χ1v) is 7.25. The van der Waals surface area contributed by atoms with Crippen molar-refractivity contribution >= 4 is 34.3 Å². The molecule has 96 valence electrons. The number of nitrogens with zero attached hydrogens (tertiary/aromatic N) is 1. The maximum absolute atomic E-state index is 12.0. The zero-order chi connectivity index (χ0) is 13.3. The summed E-state index contributed by atoms with van der Waals surface area (Å²) in [6.45, 7) is 5.78. The van der Waals surface area contributed by atoms with Crippen LogP contribution >= 0.6 is 22.7 Å². The van der Waals surface area contributed by atoms with E-state index in [9.17, 15) is 4.79 Å². The van der Waals surface area contributed by atoms with Crippen molar-refractivity contribution in [2.75, 3.05) is 5.73 Å². The van der Waals surface area contributed by atoms with Crippen LogP contribution in [0.4, 0.5) is 5.69 Å².